The van der Waals surface area contributed by atoms with Crippen LogP contribution in [0.25, 0.3) is 0 Å². The molecule has 0 radical (unpaired) electrons. The van der Waals surface area contributed by atoms with Gasteiger partial charge in [0.05, 0.1) is 0 Å². The van der Waals surface area contributed by atoms with Gasteiger partial charge in [-0.15, -0.1) is 0 Å². The van der Waals surface area contributed by atoms with Crippen LogP contribution in [-0.2, 0) is 6.42 Å². The summed E-state index contributed by atoms with van der Waals surface area (Å²) < 4.78 is 0. The molecule has 2 aromatic rings. The SMILES string of the molecule is Cc1cccc(Cc2cccc(N)c2)c1. The van der Waals surface area contributed by atoms with Crippen molar-refractivity contribution in [2.75, 3.05) is 5.73 Å². The lowest BCUT2D eigenvalue weighted by Crippen LogP contribution is -1.91. The Morgan fingerprint density at radius 1 is 0.933 bits per heavy atom. The lowest BCUT2D eigenvalue weighted by molar-refractivity contribution is 1.18. The lowest BCUT2D eigenvalue weighted by Gasteiger charge is -2.03. The monoisotopic (exact) mass is 197 g/mol. The average molecular weight is 197 g/mol. The molecule has 0 fully saturated rings. The molecule has 1 nitrogen and oxygen atoms in total. The van der Waals surface area contributed by atoms with Gasteiger partial charge < -0.3 is 5.73 Å². The third-order valence-electron chi connectivity index (χ3n) is 2.44. The second kappa shape index (κ2) is 4.18. The first-order valence-electron chi connectivity index (χ1n) is 5.14. The summed E-state index contributed by atoms with van der Waals surface area (Å²) in [4.78, 5) is 0. The second-order valence-corrected chi connectivity index (χ2v) is 3.91. The summed E-state index contributed by atoms with van der Waals surface area (Å²) in [5, 5.41) is 0. The van der Waals surface area contributed by atoms with Gasteiger partial charge in [-0.1, -0.05) is 42.0 Å². The van der Waals surface area contributed by atoms with E-state index in [2.05, 4.69) is 37.3 Å². The topological polar surface area (TPSA) is 26.0 Å². The van der Waals surface area contributed by atoms with E-state index in [4.69, 9.17) is 5.73 Å². The van der Waals surface area contributed by atoms with Gasteiger partial charge in [0.15, 0.2) is 0 Å². The van der Waals surface area contributed by atoms with E-state index in [9.17, 15) is 0 Å². The summed E-state index contributed by atoms with van der Waals surface area (Å²) in [6.07, 6.45) is 0.951. The molecule has 0 saturated heterocycles. The molecular weight excluding hydrogens is 182 g/mol. The van der Waals surface area contributed by atoms with E-state index in [1.54, 1.807) is 0 Å². The van der Waals surface area contributed by atoms with Crippen molar-refractivity contribution in [2.45, 2.75) is 13.3 Å². The number of anilines is 1. The molecule has 0 saturated carbocycles. The van der Waals surface area contributed by atoms with Gasteiger partial charge in [-0.05, 0) is 36.6 Å². The zero-order valence-corrected chi connectivity index (χ0v) is 8.90. The van der Waals surface area contributed by atoms with E-state index in [1.807, 2.05) is 18.2 Å². The Labute approximate surface area is 90.6 Å². The minimum absolute atomic E-state index is 0.833. The molecule has 0 spiro atoms. The van der Waals surface area contributed by atoms with Gasteiger partial charge in [0, 0.05) is 5.69 Å². The van der Waals surface area contributed by atoms with Crippen LogP contribution in [0.15, 0.2) is 48.5 Å². The molecule has 15 heavy (non-hydrogen) atoms. The first-order chi connectivity index (χ1) is 7.24. The lowest BCUT2D eigenvalue weighted by atomic mass is 10.0. The van der Waals surface area contributed by atoms with E-state index >= 15 is 0 Å². The summed E-state index contributed by atoms with van der Waals surface area (Å²) in [6, 6.07) is 16.6. The van der Waals surface area contributed by atoms with Crippen LogP contribution in [0.1, 0.15) is 16.7 Å². The van der Waals surface area contributed by atoms with Gasteiger partial charge in [-0.25, -0.2) is 0 Å². The van der Waals surface area contributed by atoms with E-state index < -0.39 is 0 Å². The van der Waals surface area contributed by atoms with Crippen LogP contribution in [0.2, 0.25) is 0 Å². The maximum atomic E-state index is 5.74. The average Bonchev–Trinajstić information content (AvgIpc) is 2.17. The molecule has 0 heterocycles. The van der Waals surface area contributed by atoms with Crippen LogP contribution in [0.3, 0.4) is 0 Å². The molecule has 76 valence electrons. The van der Waals surface area contributed by atoms with Crippen molar-refractivity contribution in [1.82, 2.24) is 0 Å². The molecule has 0 aromatic heterocycles. The molecule has 0 aliphatic rings. The summed E-state index contributed by atoms with van der Waals surface area (Å²) in [7, 11) is 0. The third-order valence-corrected chi connectivity index (χ3v) is 2.44. The van der Waals surface area contributed by atoms with Crippen LogP contribution < -0.4 is 5.73 Å². The van der Waals surface area contributed by atoms with Crippen molar-refractivity contribution in [3.8, 4) is 0 Å². The van der Waals surface area contributed by atoms with Crippen molar-refractivity contribution in [2.24, 2.45) is 0 Å². The quantitative estimate of drug-likeness (QED) is 0.735. The Morgan fingerprint density at radius 3 is 2.27 bits per heavy atom. The van der Waals surface area contributed by atoms with Crippen molar-refractivity contribution in [3.63, 3.8) is 0 Å². The maximum absolute atomic E-state index is 5.74. The van der Waals surface area contributed by atoms with Crippen molar-refractivity contribution >= 4 is 5.69 Å². The molecule has 2 rings (SSSR count). The highest BCUT2D eigenvalue weighted by Gasteiger charge is 1.96. The number of hydrogen-bond donors (Lipinski definition) is 1. The first kappa shape index (κ1) is 9.78. The Morgan fingerprint density at radius 2 is 1.60 bits per heavy atom. The largest absolute Gasteiger partial charge is 0.399 e. The maximum Gasteiger partial charge on any atom is 0.0316 e. The minimum atomic E-state index is 0.833. The molecule has 0 unspecified atom stereocenters. The number of aryl methyl sites for hydroxylation is 1. The van der Waals surface area contributed by atoms with Crippen LogP contribution in [0.5, 0.6) is 0 Å². The van der Waals surface area contributed by atoms with Crippen LogP contribution >= 0.6 is 0 Å². The third kappa shape index (κ3) is 2.59. The highest BCUT2D eigenvalue weighted by molar-refractivity contribution is 5.42. The van der Waals surface area contributed by atoms with Crippen LogP contribution in [-0.4, -0.2) is 0 Å². The smallest absolute Gasteiger partial charge is 0.0316 e. The van der Waals surface area contributed by atoms with Crippen LogP contribution in [0.4, 0.5) is 5.69 Å². The summed E-state index contributed by atoms with van der Waals surface area (Å²) >= 11 is 0. The Bertz CT molecular complexity index is 417. The van der Waals surface area contributed by atoms with Gasteiger partial charge >= 0.3 is 0 Å². The minimum Gasteiger partial charge on any atom is -0.399 e. The predicted octanol–water partition coefficient (Wildman–Crippen LogP) is 3.17. The molecule has 1 heteroatoms. The van der Waals surface area contributed by atoms with Crippen molar-refractivity contribution < 1.29 is 0 Å². The number of hydrogen-bond acceptors (Lipinski definition) is 1. The van der Waals surface area contributed by atoms with Gasteiger partial charge in [0.1, 0.15) is 0 Å². The molecule has 0 aliphatic carbocycles. The van der Waals surface area contributed by atoms with E-state index in [1.165, 1.54) is 16.7 Å². The van der Waals surface area contributed by atoms with Crippen molar-refractivity contribution in [3.05, 3.63) is 65.2 Å². The number of rotatable bonds is 2. The predicted molar refractivity (Wildman–Crippen MR) is 64.8 cm³/mol. The van der Waals surface area contributed by atoms with Gasteiger partial charge in [-0.3, -0.25) is 0 Å². The number of nitrogens with two attached hydrogens (primary N) is 1. The molecule has 2 aromatic carbocycles. The Kier molecular flexibility index (Phi) is 2.72. The fourth-order valence-corrected chi connectivity index (χ4v) is 1.76. The Balaban J connectivity index is 2.22. The van der Waals surface area contributed by atoms with Crippen LogP contribution in [0, 0.1) is 6.92 Å². The second-order valence-electron chi connectivity index (χ2n) is 3.91. The molecular formula is C14H15N. The Hall–Kier alpha value is -1.76. The first-order valence-corrected chi connectivity index (χ1v) is 5.14. The summed E-state index contributed by atoms with van der Waals surface area (Å²) in [5.74, 6) is 0. The highest BCUT2D eigenvalue weighted by Crippen LogP contribution is 2.13. The molecule has 2 N–H and O–H groups in total. The number of benzene rings is 2. The van der Waals surface area contributed by atoms with E-state index in [-0.39, 0.29) is 0 Å². The fourth-order valence-electron chi connectivity index (χ4n) is 1.76. The zero-order chi connectivity index (χ0) is 10.7. The summed E-state index contributed by atoms with van der Waals surface area (Å²) in [5.41, 5.74) is 10.5. The highest BCUT2D eigenvalue weighted by atomic mass is 14.5. The normalized spacial score (nSPS) is 10.2. The molecule has 0 amide bonds. The number of nitrogen functional groups attached to an aromatic ring is 1. The molecule has 0 bridgehead atoms. The molecule has 0 aliphatic heterocycles. The molecule has 0 atom stereocenters. The standard InChI is InChI=1S/C14H15N/c1-11-4-2-5-12(8-11)9-13-6-3-7-14(15)10-13/h2-8,10H,9,15H2,1H3. The summed E-state index contributed by atoms with van der Waals surface area (Å²) in [6.45, 7) is 2.11. The van der Waals surface area contributed by atoms with E-state index in [0.717, 1.165) is 12.1 Å². The zero-order valence-electron chi connectivity index (χ0n) is 8.90. The van der Waals surface area contributed by atoms with Crippen molar-refractivity contribution in [1.29, 1.82) is 0 Å². The van der Waals surface area contributed by atoms with E-state index in [0.29, 0.717) is 0 Å². The van der Waals surface area contributed by atoms with Gasteiger partial charge in [0.2, 0.25) is 0 Å². The van der Waals surface area contributed by atoms with Gasteiger partial charge in [-0.2, -0.15) is 0 Å². The fraction of sp³-hybridized carbons (Fsp3) is 0.143. The van der Waals surface area contributed by atoms with Gasteiger partial charge in [0.25, 0.3) is 0 Å².